The predicted molar refractivity (Wildman–Crippen MR) is 70.8 cm³/mol. The van der Waals surface area contributed by atoms with Gasteiger partial charge >= 0.3 is 5.97 Å². The van der Waals surface area contributed by atoms with E-state index in [1.165, 1.54) is 18.9 Å². The number of aliphatic hydroxyl groups is 1. The second-order valence-electron chi connectivity index (χ2n) is 3.44. The lowest BCUT2D eigenvalue weighted by Crippen LogP contribution is -2.30. The highest BCUT2D eigenvalue weighted by Gasteiger charge is 2.24. The number of aliphatic hydroxyl groups excluding tert-OH is 1. The highest BCUT2D eigenvalue weighted by Crippen LogP contribution is 2.15. The largest absolute Gasteiger partial charge is 0.468 e. The maximum absolute atomic E-state index is 11.4. The zero-order chi connectivity index (χ0) is 12.7. The molecule has 3 nitrogen and oxygen atoms in total. The molecule has 0 saturated heterocycles. The van der Waals surface area contributed by atoms with Crippen LogP contribution in [0.25, 0.3) is 6.08 Å². The topological polar surface area (TPSA) is 46.5 Å². The second-order valence-corrected chi connectivity index (χ2v) is 4.42. The van der Waals surface area contributed by atoms with Crippen molar-refractivity contribution < 1.29 is 14.6 Å². The summed E-state index contributed by atoms with van der Waals surface area (Å²) in [7, 11) is 1.32. The molecule has 0 bridgehead atoms. The van der Waals surface area contributed by atoms with Gasteiger partial charge in [0.15, 0.2) is 0 Å². The molecule has 17 heavy (non-hydrogen) atoms. The molecular weight excluding hydrogens is 236 g/mol. The van der Waals surface area contributed by atoms with Crippen molar-refractivity contribution in [2.45, 2.75) is 11.4 Å². The second kappa shape index (κ2) is 7.14. The Morgan fingerprint density at radius 1 is 1.41 bits per heavy atom. The molecule has 0 aliphatic carbocycles. The van der Waals surface area contributed by atoms with E-state index in [0.29, 0.717) is 0 Å². The van der Waals surface area contributed by atoms with Crippen molar-refractivity contribution >= 4 is 23.8 Å². The molecule has 0 unspecified atom stereocenters. The molecule has 1 aromatic rings. The van der Waals surface area contributed by atoms with E-state index in [9.17, 15) is 9.90 Å². The highest BCUT2D eigenvalue weighted by atomic mass is 32.2. The zero-order valence-corrected chi connectivity index (χ0v) is 10.7. The van der Waals surface area contributed by atoms with Gasteiger partial charge < -0.3 is 9.84 Å². The molecule has 0 spiro atoms. The molecular formula is C13H16O3S. The molecule has 0 amide bonds. The number of carbonyl (C=O) groups excluding carboxylic acids is 1. The van der Waals surface area contributed by atoms with Gasteiger partial charge in [-0.05, 0) is 11.8 Å². The van der Waals surface area contributed by atoms with Crippen LogP contribution in [0, 0.1) is 0 Å². The summed E-state index contributed by atoms with van der Waals surface area (Å²) in [6.07, 6.45) is 4.31. The van der Waals surface area contributed by atoms with Crippen LogP contribution < -0.4 is 0 Å². The molecule has 92 valence electrons. The van der Waals surface area contributed by atoms with E-state index >= 15 is 0 Å². The van der Waals surface area contributed by atoms with Crippen molar-refractivity contribution in [1.82, 2.24) is 0 Å². The normalized spacial score (nSPS) is 14.5. The Bertz CT molecular complexity index is 376. The fourth-order valence-electron chi connectivity index (χ4n) is 1.37. The minimum atomic E-state index is -0.849. The average molecular weight is 252 g/mol. The SMILES string of the molecule is COC(=O)[C@@H](SC)[C@H](O)/C=C/c1ccccc1. The average Bonchev–Trinajstić information content (AvgIpc) is 2.38. The third-order valence-electron chi connectivity index (χ3n) is 2.28. The number of esters is 1. The summed E-state index contributed by atoms with van der Waals surface area (Å²) in [6.45, 7) is 0. The lowest BCUT2D eigenvalue weighted by atomic mass is 10.1. The van der Waals surface area contributed by atoms with Crippen LogP contribution in [0.4, 0.5) is 0 Å². The van der Waals surface area contributed by atoms with Crippen molar-refractivity contribution in [2.24, 2.45) is 0 Å². The molecule has 0 aliphatic heterocycles. The molecule has 2 atom stereocenters. The van der Waals surface area contributed by atoms with Crippen molar-refractivity contribution in [3.8, 4) is 0 Å². The van der Waals surface area contributed by atoms with Gasteiger partial charge in [-0.2, -0.15) is 0 Å². The van der Waals surface area contributed by atoms with Gasteiger partial charge in [0, 0.05) is 0 Å². The number of hydrogen-bond donors (Lipinski definition) is 1. The number of thioether (sulfide) groups is 1. The summed E-state index contributed by atoms with van der Waals surface area (Å²) in [6, 6.07) is 9.61. The van der Waals surface area contributed by atoms with Crippen LogP contribution in [0.2, 0.25) is 0 Å². The molecule has 4 heteroatoms. The number of methoxy groups -OCH3 is 1. The van der Waals surface area contributed by atoms with Crippen LogP contribution in [-0.4, -0.2) is 35.8 Å². The maximum Gasteiger partial charge on any atom is 0.321 e. The van der Waals surface area contributed by atoms with Crippen LogP contribution in [0.5, 0.6) is 0 Å². The van der Waals surface area contributed by atoms with Crippen molar-refractivity contribution in [3.05, 3.63) is 42.0 Å². The molecule has 0 aromatic heterocycles. The molecule has 0 aliphatic rings. The molecule has 0 heterocycles. The predicted octanol–water partition coefficient (Wildman–Crippen LogP) is 1.97. The Hall–Kier alpha value is -1.26. The van der Waals surface area contributed by atoms with E-state index in [2.05, 4.69) is 4.74 Å². The molecule has 1 aromatic carbocycles. The minimum absolute atomic E-state index is 0.414. The van der Waals surface area contributed by atoms with E-state index in [4.69, 9.17) is 0 Å². The summed E-state index contributed by atoms with van der Waals surface area (Å²) >= 11 is 1.27. The van der Waals surface area contributed by atoms with Gasteiger partial charge in [0.1, 0.15) is 5.25 Å². The fraction of sp³-hybridized carbons (Fsp3) is 0.308. The van der Waals surface area contributed by atoms with Gasteiger partial charge in [-0.15, -0.1) is 11.8 Å². The number of carbonyl (C=O) groups is 1. The van der Waals surface area contributed by atoms with Crippen molar-refractivity contribution in [3.63, 3.8) is 0 Å². The van der Waals surface area contributed by atoms with Gasteiger partial charge in [-0.25, -0.2) is 0 Å². The first kappa shape index (κ1) is 13.8. The molecule has 0 fully saturated rings. The third kappa shape index (κ3) is 4.24. The lowest BCUT2D eigenvalue weighted by Gasteiger charge is -2.15. The Labute approximate surface area is 105 Å². The fourth-order valence-corrected chi connectivity index (χ4v) is 2.02. The van der Waals surface area contributed by atoms with Gasteiger partial charge in [0.2, 0.25) is 0 Å². The van der Waals surface area contributed by atoms with Crippen LogP contribution in [0.3, 0.4) is 0 Å². The molecule has 1 N–H and O–H groups in total. The first-order valence-electron chi connectivity index (χ1n) is 5.21. The number of benzene rings is 1. The Kier molecular flexibility index (Phi) is 5.80. The summed E-state index contributed by atoms with van der Waals surface area (Å²) in [5.41, 5.74) is 0.983. The van der Waals surface area contributed by atoms with E-state index in [0.717, 1.165) is 5.56 Å². The molecule has 1 rings (SSSR count). The standard InChI is InChI=1S/C13H16O3S/c1-16-13(15)12(17-2)11(14)9-8-10-6-4-3-5-7-10/h3-9,11-12,14H,1-2H3/b9-8+/t11-,12+/m1/s1. The third-order valence-corrected chi connectivity index (χ3v) is 3.26. The smallest absolute Gasteiger partial charge is 0.321 e. The first-order chi connectivity index (χ1) is 8.19. The molecule has 0 radical (unpaired) electrons. The van der Waals surface area contributed by atoms with Gasteiger partial charge in [-0.3, -0.25) is 4.79 Å². The summed E-state index contributed by atoms with van der Waals surface area (Å²) in [5.74, 6) is -0.414. The highest BCUT2D eigenvalue weighted by molar-refractivity contribution is 8.00. The van der Waals surface area contributed by atoms with E-state index < -0.39 is 17.3 Å². The summed E-state index contributed by atoms with van der Waals surface area (Å²) in [4.78, 5) is 11.4. The van der Waals surface area contributed by atoms with Gasteiger partial charge in [0.05, 0.1) is 13.2 Å². The number of rotatable bonds is 5. The lowest BCUT2D eigenvalue weighted by molar-refractivity contribution is -0.141. The Balaban J connectivity index is 2.67. The Morgan fingerprint density at radius 3 is 2.59 bits per heavy atom. The van der Waals surface area contributed by atoms with Gasteiger partial charge in [0.25, 0.3) is 0 Å². The number of hydrogen-bond acceptors (Lipinski definition) is 4. The van der Waals surface area contributed by atoms with Crippen LogP contribution in [-0.2, 0) is 9.53 Å². The summed E-state index contributed by atoms with van der Waals surface area (Å²) in [5, 5.41) is 9.28. The summed E-state index contributed by atoms with van der Waals surface area (Å²) < 4.78 is 4.62. The van der Waals surface area contributed by atoms with Crippen LogP contribution in [0.1, 0.15) is 5.56 Å². The first-order valence-corrected chi connectivity index (χ1v) is 6.49. The van der Waals surface area contributed by atoms with Gasteiger partial charge in [-0.1, -0.05) is 42.5 Å². The monoisotopic (exact) mass is 252 g/mol. The zero-order valence-electron chi connectivity index (χ0n) is 9.87. The maximum atomic E-state index is 11.4. The van der Waals surface area contributed by atoms with Crippen LogP contribution >= 0.6 is 11.8 Å². The quantitative estimate of drug-likeness (QED) is 0.814. The number of ether oxygens (including phenoxy) is 1. The van der Waals surface area contributed by atoms with E-state index in [1.807, 2.05) is 30.3 Å². The van der Waals surface area contributed by atoms with Crippen molar-refractivity contribution in [2.75, 3.05) is 13.4 Å². The minimum Gasteiger partial charge on any atom is -0.468 e. The van der Waals surface area contributed by atoms with E-state index in [-0.39, 0.29) is 0 Å². The van der Waals surface area contributed by atoms with Crippen LogP contribution in [0.15, 0.2) is 36.4 Å². The molecule has 0 saturated carbocycles. The van der Waals surface area contributed by atoms with E-state index in [1.54, 1.807) is 18.4 Å². The van der Waals surface area contributed by atoms with Crippen molar-refractivity contribution in [1.29, 1.82) is 0 Å². The Morgan fingerprint density at radius 2 is 2.06 bits per heavy atom.